The number of hydrogen-bond donors (Lipinski definition) is 3. The molecule has 9 heteroatoms. The molecular weight excluding hydrogens is 486 g/mol. The highest BCUT2D eigenvalue weighted by atomic mass is 19.3. The minimum Gasteiger partial charge on any atom is -0.379 e. The smallest absolute Gasteiger partial charge is 0.264 e. The van der Waals surface area contributed by atoms with Crippen molar-refractivity contribution in [2.45, 2.75) is 58.0 Å². The lowest BCUT2D eigenvalue weighted by molar-refractivity contribution is -0.116. The van der Waals surface area contributed by atoms with Gasteiger partial charge in [0, 0.05) is 48.6 Å². The minimum atomic E-state index is -2.61. The van der Waals surface area contributed by atoms with Crippen molar-refractivity contribution in [1.82, 2.24) is 15.1 Å². The predicted octanol–water partition coefficient (Wildman–Crippen LogP) is 5.71. The van der Waals surface area contributed by atoms with Gasteiger partial charge in [-0.15, -0.1) is 0 Å². The van der Waals surface area contributed by atoms with E-state index in [9.17, 15) is 13.6 Å². The average molecular weight is 521 g/mol. The summed E-state index contributed by atoms with van der Waals surface area (Å²) in [7, 11) is 0. The van der Waals surface area contributed by atoms with Crippen LogP contribution >= 0.6 is 0 Å². The van der Waals surface area contributed by atoms with Crippen LogP contribution in [0.5, 0.6) is 0 Å². The Balaban J connectivity index is 1.36. The Morgan fingerprint density at radius 1 is 1.16 bits per heavy atom. The molecule has 3 aromatic rings. The molecule has 1 amide bonds. The third-order valence-corrected chi connectivity index (χ3v) is 7.94. The Hall–Kier alpha value is -3.46. The van der Waals surface area contributed by atoms with Crippen LogP contribution < -0.4 is 20.9 Å². The SMILES string of the molecule is C[C@@H]1CC(=O)Nc2cccc(N3CCCc4cc(-c5cnn(CC6CCNCC6)c5)c(C(F)F)cc43)c2N1. The molecule has 200 valence electrons. The van der Waals surface area contributed by atoms with Gasteiger partial charge in [0.05, 0.1) is 23.3 Å². The molecule has 3 N–H and O–H groups in total. The van der Waals surface area contributed by atoms with E-state index in [1.54, 1.807) is 12.3 Å². The number of piperidine rings is 1. The number of nitrogens with zero attached hydrogens (tertiary/aromatic N) is 3. The van der Waals surface area contributed by atoms with Crippen LogP contribution in [0.2, 0.25) is 0 Å². The lowest BCUT2D eigenvalue weighted by Gasteiger charge is -2.34. The van der Waals surface area contributed by atoms with Gasteiger partial charge in [0.1, 0.15) is 0 Å². The fraction of sp³-hybridized carbons (Fsp3) is 0.448. The number of nitrogens with one attached hydrogen (secondary N) is 3. The number of carbonyl (C=O) groups is 1. The van der Waals surface area contributed by atoms with Crippen LogP contribution in [0.15, 0.2) is 42.7 Å². The molecule has 1 atom stereocenters. The largest absolute Gasteiger partial charge is 0.379 e. The van der Waals surface area contributed by atoms with E-state index in [4.69, 9.17) is 0 Å². The molecule has 0 bridgehead atoms. The summed E-state index contributed by atoms with van der Waals surface area (Å²) in [6.07, 6.45) is 5.33. The molecule has 1 fully saturated rings. The summed E-state index contributed by atoms with van der Waals surface area (Å²) in [6, 6.07) is 9.33. The van der Waals surface area contributed by atoms with Gasteiger partial charge < -0.3 is 20.9 Å². The van der Waals surface area contributed by atoms with Gasteiger partial charge in [0.2, 0.25) is 5.91 Å². The van der Waals surface area contributed by atoms with Crippen molar-refractivity contribution in [3.63, 3.8) is 0 Å². The number of aryl methyl sites for hydroxylation is 1. The van der Waals surface area contributed by atoms with Crippen LogP contribution in [0, 0.1) is 5.92 Å². The van der Waals surface area contributed by atoms with Crippen molar-refractivity contribution in [1.29, 1.82) is 0 Å². The minimum absolute atomic E-state index is 0.0220. The normalized spacial score (nSPS) is 19.9. The highest BCUT2D eigenvalue weighted by Gasteiger charge is 2.28. The zero-order valence-electron chi connectivity index (χ0n) is 21.6. The van der Waals surface area contributed by atoms with Gasteiger partial charge in [0.25, 0.3) is 6.43 Å². The molecule has 0 radical (unpaired) electrons. The molecule has 3 aliphatic rings. The van der Waals surface area contributed by atoms with Crippen LogP contribution in [0.1, 0.15) is 50.2 Å². The molecule has 3 aliphatic heterocycles. The maximum Gasteiger partial charge on any atom is 0.264 e. The molecule has 7 nitrogen and oxygen atoms in total. The highest BCUT2D eigenvalue weighted by molar-refractivity contribution is 6.00. The van der Waals surface area contributed by atoms with Gasteiger partial charge in [0.15, 0.2) is 0 Å². The van der Waals surface area contributed by atoms with Gasteiger partial charge in [-0.2, -0.15) is 5.10 Å². The number of anilines is 4. The number of fused-ring (bicyclic) bond motifs is 2. The third-order valence-electron chi connectivity index (χ3n) is 7.94. The quantitative estimate of drug-likeness (QED) is 0.402. The molecular formula is C29H34F2N6O. The van der Waals surface area contributed by atoms with Crippen molar-refractivity contribution in [2.75, 3.05) is 35.2 Å². The van der Waals surface area contributed by atoms with Crippen LogP contribution in [0.4, 0.5) is 31.5 Å². The summed E-state index contributed by atoms with van der Waals surface area (Å²) in [5.41, 5.74) is 5.61. The fourth-order valence-electron chi connectivity index (χ4n) is 6.06. The Morgan fingerprint density at radius 3 is 2.82 bits per heavy atom. The number of carbonyl (C=O) groups excluding carboxylic acids is 1. The van der Waals surface area contributed by atoms with E-state index in [0.29, 0.717) is 24.4 Å². The van der Waals surface area contributed by atoms with Gasteiger partial charge in [-0.05, 0) is 87.0 Å². The molecule has 2 aromatic carbocycles. The van der Waals surface area contributed by atoms with Gasteiger partial charge in [-0.3, -0.25) is 9.48 Å². The Bertz CT molecular complexity index is 1330. The molecule has 1 aromatic heterocycles. The van der Waals surface area contributed by atoms with Crippen molar-refractivity contribution >= 4 is 28.7 Å². The molecule has 0 aliphatic carbocycles. The van der Waals surface area contributed by atoms with E-state index < -0.39 is 6.43 Å². The van der Waals surface area contributed by atoms with E-state index in [0.717, 1.165) is 79.2 Å². The van der Waals surface area contributed by atoms with E-state index in [1.807, 2.05) is 42.1 Å². The zero-order valence-corrected chi connectivity index (χ0v) is 21.6. The lowest BCUT2D eigenvalue weighted by atomic mass is 9.92. The van der Waals surface area contributed by atoms with E-state index >= 15 is 0 Å². The number of hydrogen-bond acceptors (Lipinski definition) is 5. The van der Waals surface area contributed by atoms with E-state index in [-0.39, 0.29) is 17.5 Å². The lowest BCUT2D eigenvalue weighted by Crippen LogP contribution is -2.29. The van der Waals surface area contributed by atoms with Crippen molar-refractivity contribution in [3.05, 3.63) is 53.9 Å². The number of aromatic nitrogens is 2. The second-order valence-electron chi connectivity index (χ2n) is 10.8. The number of alkyl halides is 2. The monoisotopic (exact) mass is 520 g/mol. The fourth-order valence-corrected chi connectivity index (χ4v) is 6.06. The van der Waals surface area contributed by atoms with Gasteiger partial charge in [-0.1, -0.05) is 6.07 Å². The summed E-state index contributed by atoms with van der Waals surface area (Å²) >= 11 is 0. The molecule has 4 heterocycles. The van der Waals surface area contributed by atoms with Gasteiger partial charge >= 0.3 is 0 Å². The number of para-hydroxylation sites is 1. The second-order valence-corrected chi connectivity index (χ2v) is 10.8. The third kappa shape index (κ3) is 4.87. The average Bonchev–Trinajstić information content (AvgIpc) is 3.31. The second kappa shape index (κ2) is 10.4. The first kappa shape index (κ1) is 24.9. The molecule has 0 saturated carbocycles. The van der Waals surface area contributed by atoms with Crippen LogP contribution in [-0.4, -0.2) is 41.4 Å². The Kier molecular flexibility index (Phi) is 6.78. The summed E-state index contributed by atoms with van der Waals surface area (Å²) in [6.45, 7) is 5.53. The maximum absolute atomic E-state index is 14.5. The first-order valence-corrected chi connectivity index (χ1v) is 13.6. The standard InChI is InChI=1S/C29H34F2N6O/c1-18-12-27(38)35-24-5-2-6-25(28(24)34-18)37-11-3-4-20-13-22(23(29(30)31)14-26(20)37)21-15-33-36(17-21)16-19-7-9-32-10-8-19/h2,5-6,13-15,17-19,29,32,34H,3-4,7-12,16H2,1H3,(H,35,38)/t18-/m1/s1. The van der Waals surface area contributed by atoms with Crippen LogP contribution in [-0.2, 0) is 17.8 Å². The maximum atomic E-state index is 14.5. The first-order chi connectivity index (χ1) is 18.5. The van der Waals surface area contributed by atoms with E-state index in [2.05, 4.69) is 25.9 Å². The predicted molar refractivity (Wildman–Crippen MR) is 146 cm³/mol. The highest BCUT2D eigenvalue weighted by Crippen LogP contribution is 2.45. The molecule has 0 spiro atoms. The number of amides is 1. The van der Waals surface area contributed by atoms with Gasteiger partial charge in [-0.25, -0.2) is 8.78 Å². The van der Waals surface area contributed by atoms with Crippen molar-refractivity contribution < 1.29 is 13.6 Å². The van der Waals surface area contributed by atoms with Crippen LogP contribution in [0.3, 0.4) is 0 Å². The Labute approximate surface area is 221 Å². The topological polar surface area (TPSA) is 74.2 Å². The summed E-state index contributed by atoms with van der Waals surface area (Å²) in [5, 5.41) is 14.4. The van der Waals surface area contributed by atoms with E-state index in [1.165, 1.54) is 0 Å². The summed E-state index contributed by atoms with van der Waals surface area (Å²) in [5.74, 6) is 0.517. The summed E-state index contributed by atoms with van der Waals surface area (Å²) < 4.78 is 30.9. The molecule has 1 saturated heterocycles. The number of halogens is 2. The molecule has 6 rings (SSSR count). The molecule has 0 unspecified atom stereocenters. The number of benzene rings is 2. The zero-order chi connectivity index (χ0) is 26.2. The van der Waals surface area contributed by atoms with Crippen molar-refractivity contribution in [2.24, 2.45) is 5.92 Å². The number of rotatable bonds is 5. The Morgan fingerprint density at radius 2 is 2.00 bits per heavy atom. The van der Waals surface area contributed by atoms with Crippen molar-refractivity contribution in [3.8, 4) is 11.1 Å². The summed E-state index contributed by atoms with van der Waals surface area (Å²) in [4.78, 5) is 14.4. The van der Waals surface area contributed by atoms with Crippen LogP contribution in [0.25, 0.3) is 11.1 Å². The molecule has 38 heavy (non-hydrogen) atoms. The first-order valence-electron chi connectivity index (χ1n) is 13.6.